The smallest absolute Gasteiger partial charge is 0.154 e. The van der Waals surface area contributed by atoms with E-state index in [0.717, 1.165) is 18.7 Å². The number of nitrogens with two attached hydrogens (primary N) is 1. The van der Waals surface area contributed by atoms with Crippen molar-refractivity contribution >= 4 is 16.9 Å². The van der Waals surface area contributed by atoms with Crippen LogP contribution in [0, 0.1) is 13.8 Å². The van der Waals surface area contributed by atoms with E-state index in [1.54, 1.807) is 11.8 Å². The maximum Gasteiger partial charge on any atom is 0.154 e. The van der Waals surface area contributed by atoms with Crippen molar-refractivity contribution < 1.29 is 0 Å². The molecular weight excluding hydrogens is 264 g/mol. The molecule has 2 N–H and O–H groups in total. The Morgan fingerprint density at radius 1 is 1.20 bits per heavy atom. The van der Waals surface area contributed by atoms with E-state index in [4.69, 9.17) is 5.73 Å². The topological polar surface area (TPSA) is 38.4 Å². The van der Waals surface area contributed by atoms with Crippen LogP contribution in [0.25, 0.3) is 0 Å². The van der Waals surface area contributed by atoms with Crippen molar-refractivity contribution in [2.24, 2.45) is 10.7 Å². The number of nitrogens with zero attached hydrogens (tertiary/aromatic N) is 1. The third kappa shape index (κ3) is 4.86. The molecular formula is C17H28N2S. The van der Waals surface area contributed by atoms with E-state index < -0.39 is 0 Å². The minimum atomic E-state index is 0.197. The highest BCUT2D eigenvalue weighted by Gasteiger charge is 2.16. The largest absolute Gasteiger partial charge is 0.379 e. The predicted molar refractivity (Wildman–Crippen MR) is 92.7 cm³/mol. The second kappa shape index (κ2) is 7.16. The fourth-order valence-corrected chi connectivity index (χ4v) is 3.00. The zero-order valence-electron chi connectivity index (χ0n) is 13.7. The SMILES string of the molecule is CCCN=C(N)SCc1c(C)cc(C(C)(C)C)cc1C. The van der Waals surface area contributed by atoms with Gasteiger partial charge in [-0.15, -0.1) is 0 Å². The number of thioether (sulfide) groups is 1. The molecule has 3 heteroatoms. The summed E-state index contributed by atoms with van der Waals surface area (Å²) in [6.07, 6.45) is 1.04. The molecule has 0 heterocycles. The molecule has 0 unspecified atom stereocenters. The van der Waals surface area contributed by atoms with Gasteiger partial charge in [-0.05, 0) is 47.9 Å². The molecule has 0 aromatic heterocycles. The highest BCUT2D eigenvalue weighted by molar-refractivity contribution is 8.13. The molecule has 0 fully saturated rings. The minimum absolute atomic E-state index is 0.197. The lowest BCUT2D eigenvalue weighted by molar-refractivity contribution is 0.589. The Morgan fingerprint density at radius 3 is 2.20 bits per heavy atom. The van der Waals surface area contributed by atoms with Gasteiger partial charge in [0.25, 0.3) is 0 Å². The van der Waals surface area contributed by atoms with Gasteiger partial charge in [0.1, 0.15) is 0 Å². The Kier molecular flexibility index (Phi) is 6.12. The van der Waals surface area contributed by atoms with Gasteiger partial charge in [0, 0.05) is 12.3 Å². The molecule has 0 aliphatic carbocycles. The van der Waals surface area contributed by atoms with Gasteiger partial charge in [-0.25, -0.2) is 0 Å². The summed E-state index contributed by atoms with van der Waals surface area (Å²) >= 11 is 1.64. The minimum Gasteiger partial charge on any atom is -0.379 e. The average Bonchev–Trinajstić information content (AvgIpc) is 2.34. The summed E-state index contributed by atoms with van der Waals surface area (Å²) in [7, 11) is 0. The zero-order valence-corrected chi connectivity index (χ0v) is 14.5. The Balaban J connectivity index is 2.87. The quantitative estimate of drug-likeness (QED) is 0.652. The maximum absolute atomic E-state index is 5.92. The van der Waals surface area contributed by atoms with E-state index >= 15 is 0 Å². The van der Waals surface area contributed by atoms with Crippen LogP contribution in [-0.4, -0.2) is 11.7 Å². The molecule has 0 spiro atoms. The van der Waals surface area contributed by atoms with Gasteiger partial charge in [-0.2, -0.15) is 0 Å². The third-order valence-corrected chi connectivity index (χ3v) is 4.28. The Labute approximate surface area is 128 Å². The zero-order chi connectivity index (χ0) is 15.3. The van der Waals surface area contributed by atoms with Gasteiger partial charge in [0.15, 0.2) is 5.17 Å². The normalized spacial score (nSPS) is 12.8. The lowest BCUT2D eigenvalue weighted by atomic mass is 9.84. The summed E-state index contributed by atoms with van der Waals surface area (Å²) in [6.45, 7) is 14.1. The molecule has 0 saturated heterocycles. The van der Waals surface area contributed by atoms with E-state index in [1.807, 2.05) is 0 Å². The van der Waals surface area contributed by atoms with Crippen LogP contribution in [0.2, 0.25) is 0 Å². The monoisotopic (exact) mass is 292 g/mol. The Hall–Kier alpha value is -0.960. The van der Waals surface area contributed by atoms with E-state index in [0.29, 0.717) is 5.17 Å². The number of amidine groups is 1. The fraction of sp³-hybridized carbons (Fsp3) is 0.588. The van der Waals surface area contributed by atoms with Crippen LogP contribution in [0.15, 0.2) is 17.1 Å². The summed E-state index contributed by atoms with van der Waals surface area (Å²) in [4.78, 5) is 4.33. The molecule has 1 aromatic rings. The summed E-state index contributed by atoms with van der Waals surface area (Å²) in [5.41, 5.74) is 11.6. The molecule has 0 aliphatic rings. The third-order valence-electron chi connectivity index (χ3n) is 3.42. The Bertz CT molecular complexity index is 461. The van der Waals surface area contributed by atoms with Gasteiger partial charge in [0.05, 0.1) is 0 Å². The molecule has 20 heavy (non-hydrogen) atoms. The summed E-state index contributed by atoms with van der Waals surface area (Å²) < 4.78 is 0. The van der Waals surface area contributed by atoms with Crippen LogP contribution in [0.1, 0.15) is 56.4 Å². The van der Waals surface area contributed by atoms with Gasteiger partial charge >= 0.3 is 0 Å². The number of hydrogen-bond donors (Lipinski definition) is 1. The van der Waals surface area contributed by atoms with Crippen LogP contribution in [0.5, 0.6) is 0 Å². The molecule has 1 rings (SSSR count). The molecule has 0 aliphatic heterocycles. The maximum atomic E-state index is 5.92. The molecule has 1 aromatic carbocycles. The van der Waals surface area contributed by atoms with Crippen molar-refractivity contribution in [3.05, 3.63) is 34.4 Å². The van der Waals surface area contributed by atoms with Gasteiger partial charge in [-0.1, -0.05) is 51.6 Å². The van der Waals surface area contributed by atoms with Gasteiger partial charge < -0.3 is 5.73 Å². The fourth-order valence-electron chi connectivity index (χ4n) is 2.07. The van der Waals surface area contributed by atoms with Crippen LogP contribution < -0.4 is 5.73 Å². The van der Waals surface area contributed by atoms with Crippen molar-refractivity contribution in [2.45, 2.75) is 59.1 Å². The van der Waals surface area contributed by atoms with Crippen molar-refractivity contribution in [1.29, 1.82) is 0 Å². The van der Waals surface area contributed by atoms with Gasteiger partial charge in [-0.3, -0.25) is 4.99 Å². The first-order chi connectivity index (χ1) is 9.25. The van der Waals surface area contributed by atoms with Crippen molar-refractivity contribution in [3.63, 3.8) is 0 Å². The Morgan fingerprint density at radius 2 is 1.75 bits per heavy atom. The van der Waals surface area contributed by atoms with Gasteiger partial charge in [0.2, 0.25) is 0 Å². The van der Waals surface area contributed by atoms with Crippen LogP contribution >= 0.6 is 11.8 Å². The second-order valence-electron chi connectivity index (χ2n) is 6.35. The van der Waals surface area contributed by atoms with Crippen molar-refractivity contribution in [2.75, 3.05) is 6.54 Å². The summed E-state index contributed by atoms with van der Waals surface area (Å²) in [6, 6.07) is 4.62. The molecule has 0 saturated carbocycles. The van der Waals surface area contributed by atoms with Crippen LogP contribution in [0.4, 0.5) is 0 Å². The molecule has 0 bridgehead atoms. The molecule has 0 radical (unpaired) electrons. The first-order valence-electron chi connectivity index (χ1n) is 7.29. The first kappa shape index (κ1) is 17.1. The van der Waals surface area contributed by atoms with Crippen LogP contribution in [0.3, 0.4) is 0 Å². The predicted octanol–water partition coefficient (Wildman–Crippen LogP) is 4.56. The van der Waals surface area contributed by atoms with Crippen molar-refractivity contribution in [1.82, 2.24) is 0 Å². The standard InChI is InChI=1S/C17H28N2S/c1-7-8-19-16(18)20-11-15-12(2)9-14(10-13(15)3)17(4,5)6/h9-10H,7-8,11H2,1-6H3,(H2,18,19). The highest BCUT2D eigenvalue weighted by atomic mass is 32.2. The van der Waals surface area contributed by atoms with Crippen LogP contribution in [-0.2, 0) is 11.2 Å². The molecule has 112 valence electrons. The average molecular weight is 292 g/mol. The number of aliphatic imine (C=N–C) groups is 1. The number of hydrogen-bond acceptors (Lipinski definition) is 2. The number of benzene rings is 1. The van der Waals surface area contributed by atoms with Crippen molar-refractivity contribution in [3.8, 4) is 0 Å². The summed E-state index contributed by atoms with van der Waals surface area (Å²) in [5, 5.41) is 0.700. The second-order valence-corrected chi connectivity index (χ2v) is 7.34. The van der Waals surface area contributed by atoms with E-state index in [1.165, 1.54) is 22.3 Å². The molecule has 0 amide bonds. The number of aryl methyl sites for hydroxylation is 2. The van der Waals surface area contributed by atoms with E-state index in [-0.39, 0.29) is 5.41 Å². The number of rotatable bonds is 4. The lowest BCUT2D eigenvalue weighted by Gasteiger charge is -2.22. The van der Waals surface area contributed by atoms with E-state index in [2.05, 4.69) is 58.7 Å². The molecule has 0 atom stereocenters. The first-order valence-corrected chi connectivity index (χ1v) is 8.27. The highest BCUT2D eigenvalue weighted by Crippen LogP contribution is 2.28. The van der Waals surface area contributed by atoms with E-state index in [9.17, 15) is 0 Å². The molecule has 2 nitrogen and oxygen atoms in total. The summed E-state index contributed by atoms with van der Waals surface area (Å²) in [5.74, 6) is 0.904. The lowest BCUT2D eigenvalue weighted by Crippen LogP contribution is -2.13.